The molecule has 0 radical (unpaired) electrons. The summed E-state index contributed by atoms with van der Waals surface area (Å²) in [6, 6.07) is 38.2. The van der Waals surface area contributed by atoms with E-state index in [1.54, 1.807) is 24.3 Å². The summed E-state index contributed by atoms with van der Waals surface area (Å²) in [5, 5.41) is 0. The summed E-state index contributed by atoms with van der Waals surface area (Å²) in [5.41, 5.74) is 8.54. The van der Waals surface area contributed by atoms with Gasteiger partial charge in [0.2, 0.25) is 0 Å². The molecule has 5 aromatic carbocycles. The molecule has 2 aromatic heterocycles. The van der Waals surface area contributed by atoms with Gasteiger partial charge in [-0.1, -0.05) is 97.1 Å². The topological polar surface area (TPSA) is 69.8 Å². The van der Waals surface area contributed by atoms with Gasteiger partial charge in [-0.3, -0.25) is 9.59 Å². The van der Waals surface area contributed by atoms with Gasteiger partial charge in [0.1, 0.15) is 0 Å². The van der Waals surface area contributed by atoms with Crippen molar-refractivity contribution in [2.75, 3.05) is 0 Å². The number of hydrogen-bond acceptors (Lipinski definition) is 4. The summed E-state index contributed by atoms with van der Waals surface area (Å²) < 4.78 is 4.19. The minimum absolute atomic E-state index is 0.0787. The fourth-order valence-corrected chi connectivity index (χ4v) is 5.30. The molecule has 6 heteroatoms. The highest BCUT2D eigenvalue weighted by atomic mass is 16.1. The van der Waals surface area contributed by atoms with Crippen LogP contribution in [0.3, 0.4) is 0 Å². The molecule has 0 aliphatic carbocycles. The Kier molecular flexibility index (Phi) is 6.49. The summed E-state index contributed by atoms with van der Waals surface area (Å²) in [6.07, 6.45) is 3.67. The standard InChI is InChI=1S/C36H26N4O2/c41-35(27-13-9-25(10-14-27)21-39-23-37-31-5-1-3-7-33(31)39)29-17-19-30(20-18-29)36(42)28-15-11-26(12-16-28)22-40-24-38-32-6-2-4-8-34(32)40/h1-20,23-24H,21-22H2. The lowest BCUT2D eigenvalue weighted by molar-refractivity contribution is 0.102. The SMILES string of the molecule is O=C(c1ccc(Cn2cnc3ccccc32)cc1)c1ccc(C(=O)c2ccc(Cn3cnc4ccccc43)cc2)cc1. The second-order valence-electron chi connectivity index (χ2n) is 10.4. The van der Waals surface area contributed by atoms with E-state index in [2.05, 4.69) is 19.1 Å². The first-order valence-corrected chi connectivity index (χ1v) is 13.8. The van der Waals surface area contributed by atoms with E-state index in [9.17, 15) is 9.59 Å². The summed E-state index contributed by atoms with van der Waals surface area (Å²) in [4.78, 5) is 35.2. The maximum absolute atomic E-state index is 13.1. The number of fused-ring (bicyclic) bond motifs is 2. The van der Waals surface area contributed by atoms with Crippen molar-refractivity contribution < 1.29 is 9.59 Å². The molecule has 0 aliphatic heterocycles. The van der Waals surface area contributed by atoms with Crippen molar-refractivity contribution in [3.05, 3.63) is 167 Å². The number of benzene rings is 5. The number of rotatable bonds is 8. The van der Waals surface area contributed by atoms with Crippen LogP contribution in [0.5, 0.6) is 0 Å². The zero-order valence-corrected chi connectivity index (χ0v) is 22.7. The van der Waals surface area contributed by atoms with Crippen LogP contribution in [0.2, 0.25) is 0 Å². The summed E-state index contributed by atoms with van der Waals surface area (Å²) in [6.45, 7) is 1.35. The van der Waals surface area contributed by atoms with Crippen molar-refractivity contribution in [1.82, 2.24) is 19.1 Å². The quantitative estimate of drug-likeness (QED) is 0.194. The van der Waals surface area contributed by atoms with Gasteiger partial charge in [-0.2, -0.15) is 0 Å². The molecule has 2 heterocycles. The van der Waals surface area contributed by atoms with Crippen LogP contribution in [0, 0.1) is 0 Å². The minimum Gasteiger partial charge on any atom is -0.326 e. The maximum atomic E-state index is 13.1. The second kappa shape index (κ2) is 10.7. The van der Waals surface area contributed by atoms with E-state index in [1.165, 1.54) is 0 Å². The van der Waals surface area contributed by atoms with Crippen LogP contribution in [0.4, 0.5) is 0 Å². The van der Waals surface area contributed by atoms with E-state index in [0.717, 1.165) is 33.2 Å². The molecule has 0 spiro atoms. The average molecular weight is 547 g/mol. The molecule has 202 valence electrons. The number of carbonyl (C=O) groups excluding carboxylic acids is 2. The van der Waals surface area contributed by atoms with Crippen LogP contribution in [0.1, 0.15) is 43.0 Å². The van der Waals surface area contributed by atoms with Crippen molar-refractivity contribution in [3.63, 3.8) is 0 Å². The van der Waals surface area contributed by atoms with E-state index < -0.39 is 0 Å². The van der Waals surface area contributed by atoms with E-state index in [0.29, 0.717) is 35.3 Å². The highest BCUT2D eigenvalue weighted by molar-refractivity contribution is 6.11. The Labute approximate surface area is 242 Å². The highest BCUT2D eigenvalue weighted by Crippen LogP contribution is 2.19. The second-order valence-corrected chi connectivity index (χ2v) is 10.4. The third-order valence-electron chi connectivity index (χ3n) is 7.60. The van der Waals surface area contributed by atoms with E-state index in [4.69, 9.17) is 0 Å². The molecule has 7 aromatic rings. The Morgan fingerprint density at radius 3 is 1.17 bits per heavy atom. The molecule has 0 aliphatic rings. The molecule has 7 rings (SSSR count). The third-order valence-corrected chi connectivity index (χ3v) is 7.60. The number of aromatic nitrogens is 4. The first-order chi connectivity index (χ1) is 20.6. The minimum atomic E-state index is -0.0787. The Morgan fingerprint density at radius 2 is 0.786 bits per heavy atom. The molecule has 0 saturated heterocycles. The van der Waals surface area contributed by atoms with Crippen molar-refractivity contribution in [3.8, 4) is 0 Å². The lowest BCUT2D eigenvalue weighted by Crippen LogP contribution is -2.05. The number of ketones is 2. The molecule has 0 N–H and O–H groups in total. The Hall–Kier alpha value is -5.62. The zero-order chi connectivity index (χ0) is 28.5. The van der Waals surface area contributed by atoms with Crippen molar-refractivity contribution in [2.45, 2.75) is 13.1 Å². The zero-order valence-electron chi connectivity index (χ0n) is 22.7. The van der Waals surface area contributed by atoms with Crippen molar-refractivity contribution in [1.29, 1.82) is 0 Å². The molecule has 0 bridgehead atoms. The maximum Gasteiger partial charge on any atom is 0.193 e. The summed E-state index contributed by atoms with van der Waals surface area (Å²) in [5.74, 6) is -0.157. The number of carbonyl (C=O) groups is 2. The summed E-state index contributed by atoms with van der Waals surface area (Å²) in [7, 11) is 0. The number of imidazole rings is 2. The molecule has 0 fully saturated rings. The fraction of sp³-hybridized carbons (Fsp3) is 0.0556. The Balaban J connectivity index is 1.01. The molecule has 0 atom stereocenters. The van der Waals surface area contributed by atoms with E-state index in [1.807, 2.05) is 110 Å². The monoisotopic (exact) mass is 546 g/mol. The van der Waals surface area contributed by atoms with E-state index in [-0.39, 0.29) is 11.6 Å². The molecular formula is C36H26N4O2. The third kappa shape index (κ3) is 4.90. The lowest BCUT2D eigenvalue weighted by Gasteiger charge is -2.08. The van der Waals surface area contributed by atoms with Crippen molar-refractivity contribution in [2.24, 2.45) is 0 Å². The average Bonchev–Trinajstić information content (AvgIpc) is 3.65. The van der Waals surface area contributed by atoms with Gasteiger partial charge in [-0.25, -0.2) is 9.97 Å². The van der Waals surface area contributed by atoms with Crippen molar-refractivity contribution >= 4 is 33.6 Å². The van der Waals surface area contributed by atoms with Crippen LogP contribution >= 0.6 is 0 Å². The van der Waals surface area contributed by atoms with Gasteiger partial charge in [-0.05, 0) is 35.4 Å². The largest absolute Gasteiger partial charge is 0.326 e. The molecule has 0 saturated carbocycles. The molecule has 0 unspecified atom stereocenters. The first kappa shape index (κ1) is 25.4. The first-order valence-electron chi connectivity index (χ1n) is 13.8. The van der Waals surface area contributed by atoms with Gasteiger partial charge in [0, 0.05) is 35.3 Å². The molecular weight excluding hydrogens is 520 g/mol. The predicted molar refractivity (Wildman–Crippen MR) is 164 cm³/mol. The molecule has 0 amide bonds. The summed E-state index contributed by atoms with van der Waals surface area (Å²) >= 11 is 0. The van der Waals surface area contributed by atoms with Crippen LogP contribution in [0.25, 0.3) is 22.1 Å². The van der Waals surface area contributed by atoms with Gasteiger partial charge in [0.05, 0.1) is 34.7 Å². The van der Waals surface area contributed by atoms with Crippen LogP contribution in [-0.4, -0.2) is 30.7 Å². The van der Waals surface area contributed by atoms with Gasteiger partial charge in [0.25, 0.3) is 0 Å². The molecule has 6 nitrogen and oxygen atoms in total. The smallest absolute Gasteiger partial charge is 0.193 e. The highest BCUT2D eigenvalue weighted by Gasteiger charge is 2.13. The van der Waals surface area contributed by atoms with Crippen LogP contribution < -0.4 is 0 Å². The van der Waals surface area contributed by atoms with Crippen LogP contribution in [0.15, 0.2) is 134 Å². The van der Waals surface area contributed by atoms with Gasteiger partial charge in [-0.15, -0.1) is 0 Å². The molecule has 42 heavy (non-hydrogen) atoms. The predicted octanol–water partition coefficient (Wildman–Crippen LogP) is 6.94. The fourth-order valence-electron chi connectivity index (χ4n) is 5.30. The van der Waals surface area contributed by atoms with Gasteiger partial charge in [0.15, 0.2) is 11.6 Å². The van der Waals surface area contributed by atoms with E-state index >= 15 is 0 Å². The van der Waals surface area contributed by atoms with Crippen LogP contribution in [-0.2, 0) is 13.1 Å². The number of nitrogens with zero attached hydrogens (tertiary/aromatic N) is 4. The number of hydrogen-bond donors (Lipinski definition) is 0. The normalized spacial score (nSPS) is 11.2. The van der Waals surface area contributed by atoms with Gasteiger partial charge < -0.3 is 9.13 Å². The van der Waals surface area contributed by atoms with Gasteiger partial charge >= 0.3 is 0 Å². The number of para-hydroxylation sites is 4. The Bertz CT molecular complexity index is 1900. The lowest BCUT2D eigenvalue weighted by atomic mass is 9.97. The Morgan fingerprint density at radius 1 is 0.452 bits per heavy atom.